The van der Waals surface area contributed by atoms with Crippen LogP contribution in [-0.2, 0) is 6.42 Å². The Hall–Kier alpha value is -1.58. The molecular weight excluding hydrogens is 166 g/mol. The number of aromatic nitrogens is 3. The van der Waals surface area contributed by atoms with Crippen molar-refractivity contribution in [3.05, 3.63) is 23.7 Å². The van der Waals surface area contributed by atoms with Gasteiger partial charge in [-0.3, -0.25) is 0 Å². The Morgan fingerprint density at radius 3 is 3.38 bits per heavy atom. The molecule has 0 fully saturated rings. The highest BCUT2D eigenvalue weighted by Gasteiger charge is 2.17. The van der Waals surface area contributed by atoms with Crippen LogP contribution in [0.1, 0.15) is 11.3 Å². The maximum absolute atomic E-state index is 5.44. The van der Waals surface area contributed by atoms with Crippen molar-refractivity contribution < 1.29 is 4.74 Å². The summed E-state index contributed by atoms with van der Waals surface area (Å²) in [5, 5.41) is 4.17. The molecule has 0 saturated carbocycles. The lowest BCUT2D eigenvalue weighted by Crippen LogP contribution is -2.10. The molecule has 3 rings (SSSR count). The fourth-order valence-corrected chi connectivity index (χ4v) is 1.82. The molecule has 4 heteroatoms. The van der Waals surface area contributed by atoms with Crippen LogP contribution in [0.3, 0.4) is 0 Å². The molecule has 0 N–H and O–H groups in total. The molecule has 0 amide bonds. The lowest BCUT2D eigenvalue weighted by Gasteiger charge is -2.12. The van der Waals surface area contributed by atoms with Crippen LogP contribution in [0.2, 0.25) is 0 Å². The minimum Gasteiger partial charge on any atom is -0.476 e. The summed E-state index contributed by atoms with van der Waals surface area (Å²) in [4.78, 5) is 4.10. The molecule has 0 aliphatic carbocycles. The fraction of sp³-hybridized carbons (Fsp3) is 0.333. The van der Waals surface area contributed by atoms with E-state index in [4.69, 9.17) is 4.74 Å². The van der Waals surface area contributed by atoms with Gasteiger partial charge in [-0.2, -0.15) is 10.1 Å². The van der Waals surface area contributed by atoms with Crippen molar-refractivity contribution in [1.29, 1.82) is 0 Å². The molecule has 0 atom stereocenters. The van der Waals surface area contributed by atoms with Crippen LogP contribution in [0.5, 0.6) is 5.88 Å². The Balaban J connectivity index is 2.51. The highest BCUT2D eigenvalue weighted by atomic mass is 16.5. The highest BCUT2D eigenvalue weighted by molar-refractivity contribution is 5.65. The molecule has 0 saturated heterocycles. The van der Waals surface area contributed by atoms with Gasteiger partial charge in [-0.15, -0.1) is 0 Å². The lowest BCUT2D eigenvalue weighted by molar-refractivity contribution is 0.303. The molecule has 2 aromatic heterocycles. The summed E-state index contributed by atoms with van der Waals surface area (Å²) in [6.07, 6.45) is 2.49. The molecule has 0 aromatic carbocycles. The van der Waals surface area contributed by atoms with Crippen LogP contribution in [0.25, 0.3) is 5.52 Å². The zero-order chi connectivity index (χ0) is 8.84. The third kappa shape index (κ3) is 0.798. The molecule has 1 aliphatic heterocycles. The molecule has 4 nitrogen and oxygen atoms in total. The first kappa shape index (κ1) is 6.88. The van der Waals surface area contributed by atoms with Gasteiger partial charge in [-0.05, 0) is 18.6 Å². The van der Waals surface area contributed by atoms with Gasteiger partial charge in [0, 0.05) is 12.1 Å². The van der Waals surface area contributed by atoms with Crippen LogP contribution in [0.15, 0.2) is 12.4 Å². The molecule has 13 heavy (non-hydrogen) atoms. The van der Waals surface area contributed by atoms with Gasteiger partial charge >= 0.3 is 0 Å². The number of rotatable bonds is 0. The molecule has 0 bridgehead atoms. The smallest absolute Gasteiger partial charge is 0.241 e. The number of nitrogens with zero attached hydrogens (tertiary/aromatic N) is 3. The standard InChI is InChI=1S/C9H9N3O/c1-6-4-7-2-3-13-9-8(7)12(6)11-5-10-9/h4-5H,2-3H2,1H3. The number of hydrogen-bond donors (Lipinski definition) is 0. The van der Waals surface area contributed by atoms with E-state index in [9.17, 15) is 0 Å². The minimum atomic E-state index is 0.712. The van der Waals surface area contributed by atoms with E-state index in [1.54, 1.807) is 0 Å². The maximum Gasteiger partial charge on any atom is 0.241 e. The summed E-state index contributed by atoms with van der Waals surface area (Å²) in [6, 6.07) is 2.15. The van der Waals surface area contributed by atoms with Crippen LogP contribution in [0, 0.1) is 6.92 Å². The largest absolute Gasteiger partial charge is 0.476 e. The lowest BCUT2D eigenvalue weighted by atomic mass is 10.2. The van der Waals surface area contributed by atoms with Crippen molar-refractivity contribution in [2.24, 2.45) is 0 Å². The van der Waals surface area contributed by atoms with Gasteiger partial charge < -0.3 is 4.74 Å². The molecular formula is C9H9N3O. The Labute approximate surface area is 75.2 Å². The van der Waals surface area contributed by atoms with E-state index in [1.165, 1.54) is 11.9 Å². The maximum atomic E-state index is 5.44. The van der Waals surface area contributed by atoms with Crippen LogP contribution < -0.4 is 4.74 Å². The summed E-state index contributed by atoms with van der Waals surface area (Å²) in [5.74, 6) is 0.712. The summed E-state index contributed by atoms with van der Waals surface area (Å²) < 4.78 is 7.32. The summed E-state index contributed by atoms with van der Waals surface area (Å²) in [7, 11) is 0. The Morgan fingerprint density at radius 1 is 1.54 bits per heavy atom. The number of aryl methyl sites for hydroxylation is 1. The van der Waals surface area contributed by atoms with E-state index in [1.807, 2.05) is 11.4 Å². The quantitative estimate of drug-likeness (QED) is 0.599. The zero-order valence-corrected chi connectivity index (χ0v) is 7.32. The second kappa shape index (κ2) is 2.22. The van der Waals surface area contributed by atoms with Crippen molar-refractivity contribution >= 4 is 5.52 Å². The summed E-state index contributed by atoms with van der Waals surface area (Å²) >= 11 is 0. The Bertz CT molecular complexity index is 475. The first-order valence-electron chi connectivity index (χ1n) is 4.31. The highest BCUT2D eigenvalue weighted by Crippen LogP contribution is 2.27. The van der Waals surface area contributed by atoms with E-state index >= 15 is 0 Å². The fourth-order valence-electron chi connectivity index (χ4n) is 1.82. The van der Waals surface area contributed by atoms with Gasteiger partial charge in [0.1, 0.15) is 11.8 Å². The second-order valence-corrected chi connectivity index (χ2v) is 3.24. The molecule has 2 aromatic rings. The van der Waals surface area contributed by atoms with Crippen molar-refractivity contribution in [1.82, 2.24) is 14.6 Å². The van der Waals surface area contributed by atoms with E-state index in [0.29, 0.717) is 5.88 Å². The van der Waals surface area contributed by atoms with Crippen LogP contribution in [-0.4, -0.2) is 21.2 Å². The van der Waals surface area contributed by atoms with E-state index in [2.05, 4.69) is 16.1 Å². The third-order valence-electron chi connectivity index (χ3n) is 2.39. The number of ether oxygens (including phenoxy) is 1. The number of hydrogen-bond acceptors (Lipinski definition) is 3. The molecule has 0 spiro atoms. The zero-order valence-electron chi connectivity index (χ0n) is 7.32. The molecule has 66 valence electrons. The van der Waals surface area contributed by atoms with Crippen molar-refractivity contribution in [3.63, 3.8) is 0 Å². The van der Waals surface area contributed by atoms with Crippen molar-refractivity contribution in [2.75, 3.05) is 6.61 Å². The van der Waals surface area contributed by atoms with E-state index in [-0.39, 0.29) is 0 Å². The van der Waals surface area contributed by atoms with Gasteiger partial charge in [-0.25, -0.2) is 4.52 Å². The molecule has 1 aliphatic rings. The van der Waals surface area contributed by atoms with Gasteiger partial charge in [0.2, 0.25) is 5.88 Å². The molecule has 3 heterocycles. The predicted octanol–water partition coefficient (Wildman–Crippen LogP) is 0.973. The molecule has 0 unspecified atom stereocenters. The predicted molar refractivity (Wildman–Crippen MR) is 46.9 cm³/mol. The molecule has 0 radical (unpaired) electrons. The summed E-state index contributed by atoms with van der Waals surface area (Å²) in [6.45, 7) is 2.77. The normalized spacial score (nSPS) is 14.5. The van der Waals surface area contributed by atoms with Gasteiger partial charge in [0.05, 0.1) is 6.61 Å². The average Bonchev–Trinajstić information content (AvgIpc) is 2.47. The Kier molecular flexibility index (Phi) is 1.17. The third-order valence-corrected chi connectivity index (χ3v) is 2.39. The first-order chi connectivity index (χ1) is 6.36. The van der Waals surface area contributed by atoms with Crippen molar-refractivity contribution in [3.8, 4) is 5.88 Å². The van der Waals surface area contributed by atoms with Gasteiger partial charge in [0.25, 0.3) is 0 Å². The van der Waals surface area contributed by atoms with Crippen LogP contribution in [0.4, 0.5) is 0 Å². The van der Waals surface area contributed by atoms with E-state index in [0.717, 1.165) is 24.2 Å². The van der Waals surface area contributed by atoms with Crippen LogP contribution >= 0.6 is 0 Å². The monoisotopic (exact) mass is 175 g/mol. The van der Waals surface area contributed by atoms with E-state index < -0.39 is 0 Å². The minimum absolute atomic E-state index is 0.712. The topological polar surface area (TPSA) is 39.4 Å². The average molecular weight is 175 g/mol. The van der Waals surface area contributed by atoms with Gasteiger partial charge in [0.15, 0.2) is 0 Å². The first-order valence-corrected chi connectivity index (χ1v) is 4.31. The Morgan fingerprint density at radius 2 is 2.46 bits per heavy atom. The SMILES string of the molecule is Cc1cc2c3c(ncnn13)OCC2. The van der Waals surface area contributed by atoms with Crippen molar-refractivity contribution in [2.45, 2.75) is 13.3 Å². The second-order valence-electron chi connectivity index (χ2n) is 3.24. The van der Waals surface area contributed by atoms with Gasteiger partial charge in [-0.1, -0.05) is 0 Å². The summed E-state index contributed by atoms with van der Waals surface area (Å²) in [5.41, 5.74) is 3.46.